The first-order valence-electron chi connectivity index (χ1n) is 5.42. The van der Waals surface area contributed by atoms with E-state index in [0.717, 1.165) is 6.08 Å². The molecule has 0 spiro atoms. The van der Waals surface area contributed by atoms with Gasteiger partial charge in [-0.3, -0.25) is 9.36 Å². The van der Waals surface area contributed by atoms with Crippen LogP contribution in [-0.2, 0) is 11.3 Å². The van der Waals surface area contributed by atoms with Gasteiger partial charge in [0.25, 0.3) is 5.56 Å². The number of allylic oxidation sites excluding steroid dienone is 1. The van der Waals surface area contributed by atoms with Gasteiger partial charge in [-0.2, -0.15) is 0 Å². The van der Waals surface area contributed by atoms with E-state index in [1.165, 1.54) is 10.9 Å². The minimum atomic E-state index is -1.02. The predicted octanol–water partition coefficient (Wildman–Crippen LogP) is 1.43. The fourth-order valence-corrected chi connectivity index (χ4v) is 1.74. The van der Waals surface area contributed by atoms with Crippen molar-refractivity contribution >= 4 is 16.9 Å². The lowest BCUT2D eigenvalue weighted by Gasteiger charge is -2.06. The van der Waals surface area contributed by atoms with Crippen molar-refractivity contribution in [2.75, 3.05) is 0 Å². The molecule has 0 amide bonds. The van der Waals surface area contributed by atoms with Crippen molar-refractivity contribution in [3.8, 4) is 0 Å². The molecule has 1 aromatic carbocycles. The van der Waals surface area contributed by atoms with Crippen LogP contribution in [-0.4, -0.2) is 20.6 Å². The largest absolute Gasteiger partial charge is 0.478 e. The van der Waals surface area contributed by atoms with Crippen molar-refractivity contribution in [3.05, 3.63) is 52.6 Å². The highest BCUT2D eigenvalue weighted by Crippen LogP contribution is 2.05. The molecule has 0 aliphatic carbocycles. The Bertz CT molecular complexity index is 686. The van der Waals surface area contributed by atoms with E-state index in [1.54, 1.807) is 25.1 Å². The first-order chi connectivity index (χ1) is 8.58. The smallest absolute Gasteiger partial charge is 0.328 e. The minimum Gasteiger partial charge on any atom is -0.478 e. The standard InChI is InChI=1S/C13H12N2O3/c1-9(6-12(16)17)7-15-8-14-11-5-3-2-4-10(11)13(15)18/h2-6,8H,7H2,1H3,(H,16,17). The van der Waals surface area contributed by atoms with Crippen molar-refractivity contribution in [3.63, 3.8) is 0 Å². The molecule has 0 saturated carbocycles. The number of carboxylic acid groups (broad SMARTS) is 1. The van der Waals surface area contributed by atoms with Crippen molar-refractivity contribution in [1.29, 1.82) is 0 Å². The SMILES string of the molecule is CC(=CC(=O)O)Cn1cnc2ccccc2c1=O. The van der Waals surface area contributed by atoms with Crippen LogP contribution in [0.3, 0.4) is 0 Å². The Morgan fingerprint density at radius 3 is 2.89 bits per heavy atom. The number of hydrogen-bond acceptors (Lipinski definition) is 3. The van der Waals surface area contributed by atoms with Crippen molar-refractivity contribution in [2.45, 2.75) is 13.5 Å². The summed E-state index contributed by atoms with van der Waals surface area (Å²) in [5.74, 6) is -1.02. The van der Waals surface area contributed by atoms with Crippen LogP contribution < -0.4 is 5.56 Å². The molecule has 5 heteroatoms. The molecule has 0 radical (unpaired) electrons. The molecule has 0 atom stereocenters. The van der Waals surface area contributed by atoms with Gasteiger partial charge in [0.15, 0.2) is 0 Å². The Morgan fingerprint density at radius 2 is 2.17 bits per heavy atom. The van der Waals surface area contributed by atoms with Gasteiger partial charge >= 0.3 is 5.97 Å². The van der Waals surface area contributed by atoms with E-state index in [4.69, 9.17) is 5.11 Å². The quantitative estimate of drug-likeness (QED) is 0.829. The van der Waals surface area contributed by atoms with Crippen LogP contribution in [0, 0.1) is 0 Å². The number of rotatable bonds is 3. The number of para-hydroxylation sites is 1. The Balaban J connectivity index is 2.44. The molecule has 0 aliphatic heterocycles. The molecule has 1 aromatic heterocycles. The van der Waals surface area contributed by atoms with Gasteiger partial charge in [-0.1, -0.05) is 12.1 Å². The third-order valence-electron chi connectivity index (χ3n) is 2.52. The van der Waals surface area contributed by atoms with Crippen molar-refractivity contribution in [2.24, 2.45) is 0 Å². The second-order valence-corrected chi connectivity index (χ2v) is 4.02. The summed E-state index contributed by atoms with van der Waals surface area (Å²) in [6.07, 6.45) is 2.52. The minimum absolute atomic E-state index is 0.168. The van der Waals surface area contributed by atoms with E-state index in [2.05, 4.69) is 4.98 Å². The number of nitrogens with zero attached hydrogens (tertiary/aromatic N) is 2. The highest BCUT2D eigenvalue weighted by atomic mass is 16.4. The number of aliphatic carboxylic acids is 1. The summed E-state index contributed by atoms with van der Waals surface area (Å²) in [7, 11) is 0. The molecule has 0 bridgehead atoms. The van der Waals surface area contributed by atoms with E-state index >= 15 is 0 Å². The monoisotopic (exact) mass is 244 g/mol. The Labute approximate surface area is 103 Å². The fourth-order valence-electron chi connectivity index (χ4n) is 1.74. The number of hydrogen-bond donors (Lipinski definition) is 1. The molecule has 1 N–H and O–H groups in total. The van der Waals surface area contributed by atoms with E-state index in [1.807, 2.05) is 6.07 Å². The van der Waals surface area contributed by atoms with Crippen LogP contribution in [0.1, 0.15) is 6.92 Å². The molecular formula is C13H12N2O3. The summed E-state index contributed by atoms with van der Waals surface area (Å²) in [6.45, 7) is 1.89. The maximum atomic E-state index is 12.1. The zero-order chi connectivity index (χ0) is 13.1. The third kappa shape index (κ3) is 2.45. The van der Waals surface area contributed by atoms with Gasteiger partial charge in [0.05, 0.1) is 17.2 Å². The van der Waals surface area contributed by atoms with E-state index in [-0.39, 0.29) is 12.1 Å². The summed E-state index contributed by atoms with van der Waals surface area (Å²) in [6, 6.07) is 7.06. The molecule has 0 unspecified atom stereocenters. The first-order valence-corrected chi connectivity index (χ1v) is 5.42. The molecular weight excluding hydrogens is 232 g/mol. The summed E-state index contributed by atoms with van der Waals surface area (Å²) in [5, 5.41) is 9.15. The molecule has 2 rings (SSSR count). The second-order valence-electron chi connectivity index (χ2n) is 4.02. The highest BCUT2D eigenvalue weighted by molar-refractivity contribution is 5.80. The normalized spacial score (nSPS) is 11.7. The third-order valence-corrected chi connectivity index (χ3v) is 2.52. The molecule has 18 heavy (non-hydrogen) atoms. The zero-order valence-corrected chi connectivity index (χ0v) is 9.83. The molecule has 5 nitrogen and oxygen atoms in total. The molecule has 1 heterocycles. The lowest BCUT2D eigenvalue weighted by atomic mass is 10.2. The van der Waals surface area contributed by atoms with Crippen LogP contribution in [0.4, 0.5) is 0 Å². The Kier molecular flexibility index (Phi) is 3.23. The first kappa shape index (κ1) is 12.0. The number of benzene rings is 1. The van der Waals surface area contributed by atoms with Gasteiger partial charge in [-0.25, -0.2) is 9.78 Å². The highest BCUT2D eigenvalue weighted by Gasteiger charge is 2.04. The Hall–Kier alpha value is -2.43. The predicted molar refractivity (Wildman–Crippen MR) is 67.4 cm³/mol. The average Bonchev–Trinajstić information content (AvgIpc) is 2.32. The molecule has 0 saturated heterocycles. The average molecular weight is 244 g/mol. The van der Waals surface area contributed by atoms with Gasteiger partial charge in [-0.05, 0) is 24.6 Å². The zero-order valence-electron chi connectivity index (χ0n) is 9.83. The molecule has 2 aromatic rings. The van der Waals surface area contributed by atoms with E-state index < -0.39 is 5.97 Å². The van der Waals surface area contributed by atoms with Crippen LogP contribution in [0.15, 0.2) is 47.0 Å². The summed E-state index contributed by atoms with van der Waals surface area (Å²) < 4.78 is 1.40. The van der Waals surface area contributed by atoms with Crippen molar-refractivity contribution < 1.29 is 9.90 Å². The van der Waals surface area contributed by atoms with Crippen LogP contribution in [0.2, 0.25) is 0 Å². The lowest BCUT2D eigenvalue weighted by Crippen LogP contribution is -2.21. The maximum absolute atomic E-state index is 12.1. The second kappa shape index (κ2) is 4.83. The van der Waals surface area contributed by atoms with Crippen LogP contribution in [0.25, 0.3) is 10.9 Å². The fraction of sp³-hybridized carbons (Fsp3) is 0.154. The van der Waals surface area contributed by atoms with E-state index in [9.17, 15) is 9.59 Å². The number of carboxylic acids is 1. The molecule has 0 aliphatic rings. The Morgan fingerprint density at radius 1 is 1.44 bits per heavy atom. The van der Waals surface area contributed by atoms with Crippen LogP contribution >= 0.6 is 0 Å². The lowest BCUT2D eigenvalue weighted by molar-refractivity contribution is -0.131. The molecule has 0 fully saturated rings. The summed E-state index contributed by atoms with van der Waals surface area (Å²) >= 11 is 0. The van der Waals surface area contributed by atoms with Gasteiger partial charge < -0.3 is 5.11 Å². The van der Waals surface area contributed by atoms with E-state index in [0.29, 0.717) is 16.5 Å². The van der Waals surface area contributed by atoms with Gasteiger partial charge in [0.1, 0.15) is 0 Å². The topological polar surface area (TPSA) is 72.2 Å². The van der Waals surface area contributed by atoms with Crippen LogP contribution in [0.5, 0.6) is 0 Å². The van der Waals surface area contributed by atoms with Gasteiger partial charge in [0, 0.05) is 12.6 Å². The van der Waals surface area contributed by atoms with Gasteiger partial charge in [-0.15, -0.1) is 0 Å². The maximum Gasteiger partial charge on any atom is 0.328 e. The summed E-state index contributed by atoms with van der Waals surface area (Å²) in [4.78, 5) is 26.8. The summed E-state index contributed by atoms with van der Waals surface area (Å²) in [5.41, 5.74) is 1.05. The number of carbonyl (C=O) groups is 1. The van der Waals surface area contributed by atoms with Crippen molar-refractivity contribution in [1.82, 2.24) is 9.55 Å². The van der Waals surface area contributed by atoms with Gasteiger partial charge in [0.2, 0.25) is 0 Å². The number of fused-ring (bicyclic) bond motifs is 1. The molecule has 92 valence electrons. The number of aromatic nitrogens is 2.